The molecule has 0 heterocycles. The molecule has 0 bridgehead atoms. The zero-order chi connectivity index (χ0) is 14.7. The second-order valence-corrected chi connectivity index (χ2v) is 6.10. The molecular formula is C14H12Br2F2N2. The van der Waals surface area contributed by atoms with Gasteiger partial charge in [-0.2, -0.15) is 0 Å². The standard InChI is InChI=1S/C14H12Br2F2N2/c15-10-3-1-8(13(18)7-10)6-14(20-19)9-2-4-12(17)11(16)5-9/h1-5,7,14,20H,6,19H2. The van der Waals surface area contributed by atoms with Gasteiger partial charge < -0.3 is 0 Å². The Kier molecular flexibility index (Phi) is 5.26. The Hall–Kier alpha value is -0.820. The van der Waals surface area contributed by atoms with Crippen LogP contribution in [0.25, 0.3) is 0 Å². The third-order valence-electron chi connectivity index (χ3n) is 2.99. The maximum absolute atomic E-state index is 13.8. The molecule has 0 aromatic heterocycles. The van der Waals surface area contributed by atoms with Gasteiger partial charge in [0.2, 0.25) is 0 Å². The van der Waals surface area contributed by atoms with Gasteiger partial charge in [0.15, 0.2) is 0 Å². The van der Waals surface area contributed by atoms with Crippen molar-refractivity contribution in [2.75, 3.05) is 0 Å². The molecule has 2 rings (SSSR count). The Bertz CT molecular complexity index is 620. The van der Waals surface area contributed by atoms with Gasteiger partial charge in [-0.05, 0) is 57.7 Å². The molecule has 20 heavy (non-hydrogen) atoms. The molecule has 0 amide bonds. The Morgan fingerprint density at radius 1 is 1.05 bits per heavy atom. The van der Waals surface area contributed by atoms with Crippen LogP contribution in [0.5, 0.6) is 0 Å². The Labute approximate surface area is 132 Å². The molecule has 1 unspecified atom stereocenters. The Morgan fingerprint density at radius 2 is 1.80 bits per heavy atom. The first kappa shape index (κ1) is 15.6. The smallest absolute Gasteiger partial charge is 0.137 e. The summed E-state index contributed by atoms with van der Waals surface area (Å²) in [6.07, 6.45) is 0.369. The van der Waals surface area contributed by atoms with E-state index in [0.29, 0.717) is 20.9 Å². The van der Waals surface area contributed by atoms with E-state index in [4.69, 9.17) is 5.84 Å². The van der Waals surface area contributed by atoms with Crippen LogP contribution in [-0.2, 0) is 6.42 Å². The largest absolute Gasteiger partial charge is 0.271 e. The van der Waals surface area contributed by atoms with Crippen LogP contribution in [-0.4, -0.2) is 0 Å². The Balaban J connectivity index is 2.26. The minimum Gasteiger partial charge on any atom is -0.271 e. The summed E-state index contributed by atoms with van der Waals surface area (Å²) < 4.78 is 28.1. The SMILES string of the molecule is NNC(Cc1ccc(Br)cc1F)c1ccc(F)c(Br)c1. The van der Waals surface area contributed by atoms with Crippen LogP contribution < -0.4 is 11.3 Å². The maximum atomic E-state index is 13.8. The third-order valence-corrected chi connectivity index (χ3v) is 4.09. The predicted octanol–water partition coefficient (Wildman–Crippen LogP) is 4.24. The number of hydrazine groups is 1. The lowest BCUT2D eigenvalue weighted by atomic mass is 9.99. The molecule has 0 saturated heterocycles. The molecule has 2 nitrogen and oxygen atoms in total. The van der Waals surface area contributed by atoms with E-state index in [1.54, 1.807) is 24.3 Å². The van der Waals surface area contributed by atoms with Crippen molar-refractivity contribution >= 4 is 31.9 Å². The predicted molar refractivity (Wildman–Crippen MR) is 82.0 cm³/mol. The van der Waals surface area contributed by atoms with Gasteiger partial charge >= 0.3 is 0 Å². The fraction of sp³-hybridized carbons (Fsp3) is 0.143. The third kappa shape index (κ3) is 3.63. The van der Waals surface area contributed by atoms with E-state index in [1.807, 2.05) is 0 Å². The second kappa shape index (κ2) is 6.76. The first-order valence-corrected chi connectivity index (χ1v) is 7.45. The molecule has 2 aromatic rings. The molecule has 3 N–H and O–H groups in total. The summed E-state index contributed by atoms with van der Waals surface area (Å²) in [6.45, 7) is 0. The van der Waals surface area contributed by atoms with E-state index >= 15 is 0 Å². The highest BCUT2D eigenvalue weighted by molar-refractivity contribution is 9.10. The maximum Gasteiger partial charge on any atom is 0.137 e. The molecule has 0 aliphatic rings. The van der Waals surface area contributed by atoms with Crippen LogP contribution in [0.15, 0.2) is 45.3 Å². The molecule has 6 heteroatoms. The number of nitrogens with two attached hydrogens (primary N) is 1. The molecular weight excluding hydrogens is 394 g/mol. The van der Waals surface area contributed by atoms with Crippen LogP contribution in [0.2, 0.25) is 0 Å². The van der Waals surface area contributed by atoms with Crippen LogP contribution in [0, 0.1) is 11.6 Å². The van der Waals surface area contributed by atoms with E-state index in [1.165, 1.54) is 12.1 Å². The summed E-state index contributed by atoms with van der Waals surface area (Å²) in [5.74, 6) is 4.88. The van der Waals surface area contributed by atoms with Gasteiger partial charge in [0.25, 0.3) is 0 Å². The highest BCUT2D eigenvalue weighted by Crippen LogP contribution is 2.25. The molecule has 106 valence electrons. The number of hydrogen-bond donors (Lipinski definition) is 2. The minimum atomic E-state index is -0.348. The molecule has 0 spiro atoms. The summed E-state index contributed by atoms with van der Waals surface area (Å²) in [5.41, 5.74) is 3.95. The number of nitrogens with one attached hydrogen (secondary N) is 1. The minimum absolute atomic E-state index is 0.303. The van der Waals surface area contributed by atoms with Gasteiger partial charge in [-0.3, -0.25) is 11.3 Å². The summed E-state index contributed by atoms with van der Waals surface area (Å²) in [5, 5.41) is 0. The van der Waals surface area contributed by atoms with Crippen molar-refractivity contribution in [3.8, 4) is 0 Å². The van der Waals surface area contributed by atoms with Crippen LogP contribution >= 0.6 is 31.9 Å². The summed E-state index contributed by atoms with van der Waals surface area (Å²) in [6, 6.07) is 9.18. The normalized spacial score (nSPS) is 12.4. The number of halogens is 4. The topological polar surface area (TPSA) is 38.0 Å². The average molecular weight is 406 g/mol. The second-order valence-electron chi connectivity index (χ2n) is 4.33. The Morgan fingerprint density at radius 3 is 2.40 bits per heavy atom. The quantitative estimate of drug-likeness (QED) is 0.589. The molecule has 0 aliphatic heterocycles. The summed E-state index contributed by atoms with van der Waals surface area (Å²) in [4.78, 5) is 0. The molecule has 1 atom stereocenters. The number of benzene rings is 2. The molecule has 0 fully saturated rings. The molecule has 0 saturated carbocycles. The van der Waals surface area contributed by atoms with Crippen molar-refractivity contribution in [1.82, 2.24) is 5.43 Å². The fourth-order valence-electron chi connectivity index (χ4n) is 1.91. The van der Waals surface area contributed by atoms with Crippen molar-refractivity contribution in [2.45, 2.75) is 12.5 Å². The van der Waals surface area contributed by atoms with E-state index in [-0.39, 0.29) is 17.7 Å². The van der Waals surface area contributed by atoms with Crippen molar-refractivity contribution in [3.05, 3.63) is 68.1 Å². The van der Waals surface area contributed by atoms with Crippen molar-refractivity contribution in [1.29, 1.82) is 0 Å². The van der Waals surface area contributed by atoms with Crippen LogP contribution in [0.3, 0.4) is 0 Å². The lowest BCUT2D eigenvalue weighted by Gasteiger charge is -2.17. The first-order chi connectivity index (χ1) is 9.51. The highest BCUT2D eigenvalue weighted by Gasteiger charge is 2.14. The van der Waals surface area contributed by atoms with E-state index < -0.39 is 0 Å². The average Bonchev–Trinajstić information content (AvgIpc) is 2.41. The van der Waals surface area contributed by atoms with E-state index in [0.717, 1.165) is 5.56 Å². The zero-order valence-corrected chi connectivity index (χ0v) is 13.5. The number of rotatable bonds is 4. The molecule has 2 aromatic carbocycles. The summed E-state index contributed by atoms with van der Waals surface area (Å²) in [7, 11) is 0. The fourth-order valence-corrected chi connectivity index (χ4v) is 2.64. The van der Waals surface area contributed by atoms with Gasteiger partial charge in [-0.15, -0.1) is 0 Å². The van der Waals surface area contributed by atoms with Gasteiger partial charge in [-0.1, -0.05) is 28.1 Å². The lowest BCUT2D eigenvalue weighted by Crippen LogP contribution is -2.29. The van der Waals surface area contributed by atoms with E-state index in [9.17, 15) is 8.78 Å². The molecule has 0 aliphatic carbocycles. The van der Waals surface area contributed by atoms with Crippen molar-refractivity contribution < 1.29 is 8.78 Å². The first-order valence-electron chi connectivity index (χ1n) is 5.86. The van der Waals surface area contributed by atoms with Crippen LogP contribution in [0.1, 0.15) is 17.2 Å². The van der Waals surface area contributed by atoms with Crippen molar-refractivity contribution in [3.63, 3.8) is 0 Å². The zero-order valence-electron chi connectivity index (χ0n) is 10.3. The monoisotopic (exact) mass is 404 g/mol. The van der Waals surface area contributed by atoms with E-state index in [2.05, 4.69) is 37.3 Å². The van der Waals surface area contributed by atoms with Gasteiger partial charge in [-0.25, -0.2) is 8.78 Å². The van der Waals surface area contributed by atoms with Gasteiger partial charge in [0.1, 0.15) is 11.6 Å². The number of hydrogen-bond acceptors (Lipinski definition) is 2. The highest BCUT2D eigenvalue weighted by atomic mass is 79.9. The summed E-state index contributed by atoms with van der Waals surface area (Å²) >= 11 is 6.34. The molecule has 0 radical (unpaired) electrons. The van der Waals surface area contributed by atoms with Crippen molar-refractivity contribution in [2.24, 2.45) is 5.84 Å². The van der Waals surface area contributed by atoms with Crippen LogP contribution in [0.4, 0.5) is 8.78 Å². The van der Waals surface area contributed by atoms with Gasteiger partial charge in [0.05, 0.1) is 10.5 Å². The lowest BCUT2D eigenvalue weighted by molar-refractivity contribution is 0.527. The van der Waals surface area contributed by atoms with Gasteiger partial charge in [0, 0.05) is 4.47 Å².